The van der Waals surface area contributed by atoms with Crippen molar-refractivity contribution in [3.63, 3.8) is 0 Å². The third-order valence-electron chi connectivity index (χ3n) is 4.22. The van der Waals surface area contributed by atoms with Crippen LogP contribution in [0.2, 0.25) is 0 Å². The summed E-state index contributed by atoms with van der Waals surface area (Å²) in [6.07, 6.45) is 2.45. The van der Waals surface area contributed by atoms with E-state index < -0.39 is 5.97 Å². The highest BCUT2D eigenvalue weighted by Crippen LogP contribution is 2.45. The highest BCUT2D eigenvalue weighted by atomic mass is 16.6. The number of carbonyl (C=O) groups excluding carboxylic acids is 1. The van der Waals surface area contributed by atoms with E-state index in [0.717, 1.165) is 17.6 Å². The quantitative estimate of drug-likeness (QED) is 0.867. The van der Waals surface area contributed by atoms with Gasteiger partial charge in [0.1, 0.15) is 6.61 Å². The summed E-state index contributed by atoms with van der Waals surface area (Å²) in [6.45, 7) is 0.908. The molecule has 1 aliphatic heterocycles. The first kappa shape index (κ1) is 13.7. The molecule has 21 heavy (non-hydrogen) atoms. The fourth-order valence-electron chi connectivity index (χ4n) is 3.12. The number of carbonyl (C=O) groups is 2. The topological polar surface area (TPSA) is 66.8 Å². The molecule has 1 aromatic carbocycles. The predicted molar refractivity (Wildman–Crippen MR) is 75.6 cm³/mol. The van der Waals surface area contributed by atoms with Gasteiger partial charge in [0, 0.05) is 24.6 Å². The molecule has 0 bridgehead atoms. The molecule has 0 radical (unpaired) electrons. The lowest BCUT2D eigenvalue weighted by Gasteiger charge is -2.37. The number of hydrogen-bond donors (Lipinski definition) is 1. The molecular weight excluding hydrogens is 270 g/mol. The molecule has 3 rings (SSSR count). The Morgan fingerprint density at radius 3 is 2.81 bits per heavy atom. The zero-order valence-electron chi connectivity index (χ0n) is 11.6. The van der Waals surface area contributed by atoms with E-state index in [2.05, 4.69) is 0 Å². The number of amides is 1. The van der Waals surface area contributed by atoms with Crippen molar-refractivity contribution in [1.82, 2.24) is 4.90 Å². The molecule has 1 N–H and O–H groups in total. The van der Waals surface area contributed by atoms with E-state index in [1.807, 2.05) is 30.3 Å². The van der Waals surface area contributed by atoms with E-state index in [9.17, 15) is 9.59 Å². The van der Waals surface area contributed by atoms with Gasteiger partial charge in [0.2, 0.25) is 0 Å². The summed E-state index contributed by atoms with van der Waals surface area (Å²) in [5.74, 6) is -0.709. The molecule has 2 atom stereocenters. The Bertz CT molecular complexity index is 581. The van der Waals surface area contributed by atoms with Crippen LogP contribution in [0.1, 0.15) is 18.4 Å². The maximum absolute atomic E-state index is 12.1. The first-order valence-electron chi connectivity index (χ1n) is 7.06. The maximum atomic E-state index is 12.1. The van der Waals surface area contributed by atoms with Crippen LogP contribution in [0.3, 0.4) is 0 Å². The second-order valence-corrected chi connectivity index (χ2v) is 5.46. The number of fused-ring (bicyclic) bond motifs is 1. The van der Waals surface area contributed by atoms with Gasteiger partial charge in [-0.2, -0.15) is 0 Å². The number of benzene rings is 1. The number of likely N-dealkylation sites (tertiary alicyclic amines) is 1. The van der Waals surface area contributed by atoms with Gasteiger partial charge in [0.25, 0.3) is 0 Å². The second kappa shape index (κ2) is 5.60. The van der Waals surface area contributed by atoms with Gasteiger partial charge >= 0.3 is 12.1 Å². The first-order valence-corrected chi connectivity index (χ1v) is 7.06. The van der Waals surface area contributed by atoms with Gasteiger partial charge < -0.3 is 14.7 Å². The number of rotatable bonds is 3. The van der Waals surface area contributed by atoms with Crippen LogP contribution in [0.5, 0.6) is 0 Å². The molecule has 2 unspecified atom stereocenters. The average molecular weight is 287 g/mol. The molecule has 1 aliphatic carbocycles. The molecule has 5 nitrogen and oxygen atoms in total. The number of carboxylic acid groups (broad SMARTS) is 1. The Labute approximate surface area is 122 Å². The molecule has 5 heteroatoms. The molecule has 1 saturated heterocycles. The number of nitrogens with zero attached hydrogens (tertiary/aromatic N) is 1. The largest absolute Gasteiger partial charge is 0.478 e. The monoisotopic (exact) mass is 287 g/mol. The lowest BCUT2D eigenvalue weighted by molar-refractivity contribution is -0.131. The third-order valence-corrected chi connectivity index (χ3v) is 4.22. The van der Waals surface area contributed by atoms with Crippen molar-refractivity contribution in [2.45, 2.75) is 25.5 Å². The number of carboxylic acids is 1. The highest BCUT2D eigenvalue weighted by molar-refractivity contribution is 5.81. The molecule has 1 heterocycles. The summed E-state index contributed by atoms with van der Waals surface area (Å²) in [7, 11) is 0. The second-order valence-electron chi connectivity index (χ2n) is 5.46. The molecule has 1 saturated carbocycles. The fourth-order valence-corrected chi connectivity index (χ4v) is 3.12. The molecule has 0 spiro atoms. The summed E-state index contributed by atoms with van der Waals surface area (Å²) in [6, 6.07) is 9.67. The Hall–Kier alpha value is -2.30. The van der Waals surface area contributed by atoms with E-state index in [0.29, 0.717) is 13.0 Å². The lowest BCUT2D eigenvalue weighted by atomic mass is 9.74. The van der Waals surface area contributed by atoms with Crippen molar-refractivity contribution in [2.75, 3.05) is 6.54 Å². The minimum Gasteiger partial charge on any atom is -0.478 e. The van der Waals surface area contributed by atoms with E-state index >= 15 is 0 Å². The van der Waals surface area contributed by atoms with Gasteiger partial charge in [-0.25, -0.2) is 9.59 Å². The molecule has 1 aromatic rings. The zero-order chi connectivity index (χ0) is 14.8. The van der Waals surface area contributed by atoms with E-state index in [1.54, 1.807) is 4.90 Å². The Kier molecular flexibility index (Phi) is 3.64. The minimum absolute atomic E-state index is 0.110. The standard InChI is InChI=1S/C16H17NO4/c18-15(19)9-12-8-14-13(12)6-7-17(14)16(20)21-10-11-4-2-1-3-5-11/h1-5,9,13-14H,6-8,10H2,(H,18,19)/b12-9-. The average Bonchev–Trinajstić information content (AvgIpc) is 2.80. The third kappa shape index (κ3) is 2.77. The Morgan fingerprint density at radius 2 is 2.10 bits per heavy atom. The SMILES string of the molecule is O=C(O)/C=C1/CC2C1CCN2C(=O)OCc1ccccc1. The van der Waals surface area contributed by atoms with Crippen molar-refractivity contribution >= 4 is 12.1 Å². The van der Waals surface area contributed by atoms with Crippen LogP contribution in [0.4, 0.5) is 4.79 Å². The van der Waals surface area contributed by atoms with Crippen molar-refractivity contribution in [2.24, 2.45) is 5.92 Å². The van der Waals surface area contributed by atoms with Crippen LogP contribution >= 0.6 is 0 Å². The normalized spacial score (nSPS) is 25.3. The van der Waals surface area contributed by atoms with Crippen molar-refractivity contribution in [3.8, 4) is 0 Å². The molecule has 2 fully saturated rings. The van der Waals surface area contributed by atoms with Crippen molar-refractivity contribution < 1.29 is 19.4 Å². The smallest absolute Gasteiger partial charge is 0.410 e. The fraction of sp³-hybridized carbons (Fsp3) is 0.375. The molecule has 1 amide bonds. The van der Waals surface area contributed by atoms with Crippen LogP contribution in [0, 0.1) is 5.92 Å². The van der Waals surface area contributed by atoms with E-state index in [-0.39, 0.29) is 24.7 Å². The predicted octanol–water partition coefficient (Wildman–Crippen LogP) is 2.43. The number of hydrogen-bond acceptors (Lipinski definition) is 3. The van der Waals surface area contributed by atoms with Crippen LogP contribution < -0.4 is 0 Å². The van der Waals surface area contributed by atoms with Gasteiger partial charge in [-0.3, -0.25) is 0 Å². The van der Waals surface area contributed by atoms with Gasteiger partial charge in [-0.05, 0) is 18.4 Å². The highest BCUT2D eigenvalue weighted by Gasteiger charge is 2.47. The van der Waals surface area contributed by atoms with Gasteiger partial charge in [-0.1, -0.05) is 35.9 Å². The summed E-state index contributed by atoms with van der Waals surface area (Å²) in [4.78, 5) is 24.5. The van der Waals surface area contributed by atoms with Crippen molar-refractivity contribution in [3.05, 3.63) is 47.5 Å². The minimum atomic E-state index is -0.909. The summed E-state index contributed by atoms with van der Waals surface area (Å²) in [5, 5.41) is 8.77. The van der Waals surface area contributed by atoms with E-state index in [4.69, 9.17) is 9.84 Å². The van der Waals surface area contributed by atoms with Gasteiger partial charge in [0.15, 0.2) is 0 Å². The summed E-state index contributed by atoms with van der Waals surface area (Å²) in [5.41, 5.74) is 1.90. The van der Waals surface area contributed by atoms with Gasteiger partial charge in [0.05, 0.1) is 0 Å². The number of aliphatic carboxylic acids is 1. The van der Waals surface area contributed by atoms with Crippen LogP contribution in [0.15, 0.2) is 42.0 Å². The van der Waals surface area contributed by atoms with Crippen LogP contribution in [0.25, 0.3) is 0 Å². The Balaban J connectivity index is 1.55. The summed E-state index contributed by atoms with van der Waals surface area (Å²) >= 11 is 0. The maximum Gasteiger partial charge on any atom is 0.410 e. The number of ether oxygens (including phenoxy) is 1. The van der Waals surface area contributed by atoms with Crippen LogP contribution in [-0.2, 0) is 16.1 Å². The molecule has 2 aliphatic rings. The van der Waals surface area contributed by atoms with Gasteiger partial charge in [-0.15, -0.1) is 0 Å². The molecule has 110 valence electrons. The van der Waals surface area contributed by atoms with E-state index in [1.165, 1.54) is 6.08 Å². The zero-order valence-corrected chi connectivity index (χ0v) is 11.6. The summed E-state index contributed by atoms with van der Waals surface area (Å²) < 4.78 is 5.33. The lowest BCUT2D eigenvalue weighted by Crippen LogP contribution is -2.44. The molecule has 0 aromatic heterocycles. The first-order chi connectivity index (χ1) is 10.1. The molecular formula is C16H17NO4. The van der Waals surface area contributed by atoms with Crippen molar-refractivity contribution in [1.29, 1.82) is 0 Å². The van der Waals surface area contributed by atoms with Crippen LogP contribution in [-0.4, -0.2) is 34.7 Å². The Morgan fingerprint density at radius 1 is 1.33 bits per heavy atom.